The summed E-state index contributed by atoms with van der Waals surface area (Å²) >= 11 is 1.69. The molecule has 2 rings (SSSR count). The molecule has 0 bridgehead atoms. The van der Waals surface area contributed by atoms with E-state index in [4.69, 9.17) is 9.47 Å². The molecule has 1 aromatic heterocycles. The van der Waals surface area contributed by atoms with Gasteiger partial charge in [-0.05, 0) is 37.1 Å². The third-order valence-electron chi connectivity index (χ3n) is 2.59. The van der Waals surface area contributed by atoms with Gasteiger partial charge in [0, 0.05) is 5.38 Å². The van der Waals surface area contributed by atoms with Gasteiger partial charge in [-0.1, -0.05) is 13.8 Å². The molecule has 0 radical (unpaired) electrons. The van der Waals surface area contributed by atoms with E-state index in [9.17, 15) is 0 Å². The molecule has 0 aliphatic carbocycles. The quantitative estimate of drug-likeness (QED) is 0.764. The molecule has 1 heterocycles. The number of benzene rings is 1. The molecule has 0 N–H and O–H groups in total. The van der Waals surface area contributed by atoms with Crippen molar-refractivity contribution in [3.05, 3.63) is 40.3 Å². The van der Waals surface area contributed by atoms with Crippen LogP contribution in [-0.4, -0.2) is 11.6 Å². The summed E-state index contributed by atoms with van der Waals surface area (Å²) in [4.78, 5) is 4.47. The van der Waals surface area contributed by atoms with Crippen LogP contribution < -0.4 is 9.47 Å². The first-order chi connectivity index (χ1) is 9.31. The van der Waals surface area contributed by atoms with Crippen LogP contribution in [0.1, 0.15) is 31.0 Å². The van der Waals surface area contributed by atoms with E-state index in [1.165, 1.54) is 0 Å². The van der Waals surface area contributed by atoms with Gasteiger partial charge >= 0.3 is 0 Å². The lowest BCUT2D eigenvalue weighted by Crippen LogP contribution is -1.97. The van der Waals surface area contributed by atoms with Gasteiger partial charge in [0.2, 0.25) is 0 Å². The lowest BCUT2D eigenvalue weighted by atomic mass is 10.3. The van der Waals surface area contributed by atoms with Crippen LogP contribution in [0.15, 0.2) is 29.6 Å². The van der Waals surface area contributed by atoms with Gasteiger partial charge in [0.05, 0.1) is 17.3 Å². The molecule has 4 heteroatoms. The van der Waals surface area contributed by atoms with E-state index >= 15 is 0 Å². The number of aryl methyl sites for hydroxylation is 1. The van der Waals surface area contributed by atoms with E-state index in [0.717, 1.165) is 41.6 Å². The maximum atomic E-state index is 5.70. The largest absolute Gasteiger partial charge is 0.494 e. The monoisotopic (exact) mass is 277 g/mol. The van der Waals surface area contributed by atoms with E-state index in [-0.39, 0.29) is 0 Å². The lowest BCUT2D eigenvalue weighted by Gasteiger charge is -2.07. The normalized spacial score (nSPS) is 10.4. The van der Waals surface area contributed by atoms with Gasteiger partial charge in [0.25, 0.3) is 0 Å². The van der Waals surface area contributed by atoms with Crippen molar-refractivity contribution in [1.82, 2.24) is 4.98 Å². The van der Waals surface area contributed by atoms with Gasteiger partial charge in [-0.3, -0.25) is 0 Å². The van der Waals surface area contributed by atoms with Gasteiger partial charge in [0.15, 0.2) is 0 Å². The number of rotatable bonds is 7. The highest BCUT2D eigenvalue weighted by Crippen LogP contribution is 2.19. The van der Waals surface area contributed by atoms with E-state index in [0.29, 0.717) is 6.61 Å². The van der Waals surface area contributed by atoms with Crippen molar-refractivity contribution < 1.29 is 9.47 Å². The summed E-state index contributed by atoms with van der Waals surface area (Å²) in [5.74, 6) is 1.73. The molecule has 0 saturated carbocycles. The van der Waals surface area contributed by atoms with Gasteiger partial charge in [-0.25, -0.2) is 4.98 Å². The van der Waals surface area contributed by atoms with Crippen LogP contribution >= 0.6 is 11.3 Å². The maximum Gasteiger partial charge on any atom is 0.131 e. The van der Waals surface area contributed by atoms with Gasteiger partial charge in [-0.15, -0.1) is 11.3 Å². The molecule has 0 fully saturated rings. The Hall–Kier alpha value is -1.55. The summed E-state index contributed by atoms with van der Waals surface area (Å²) in [6.07, 6.45) is 2.00. The first kappa shape index (κ1) is 13.9. The molecule has 0 spiro atoms. The second-order valence-electron chi connectivity index (χ2n) is 4.19. The highest BCUT2D eigenvalue weighted by molar-refractivity contribution is 7.09. The van der Waals surface area contributed by atoms with Crippen molar-refractivity contribution in [3.8, 4) is 11.5 Å². The Labute approximate surface area is 118 Å². The zero-order chi connectivity index (χ0) is 13.5. The molecule has 0 aliphatic rings. The average Bonchev–Trinajstić information content (AvgIpc) is 2.92. The molecule has 0 atom stereocenters. The van der Waals surface area contributed by atoms with Crippen LogP contribution in [0.5, 0.6) is 11.5 Å². The SMILES string of the molecule is CCCOc1ccc(OCc2csc(CC)n2)cc1. The highest BCUT2D eigenvalue weighted by Gasteiger charge is 2.02. The lowest BCUT2D eigenvalue weighted by molar-refractivity contribution is 0.298. The molecule has 1 aromatic carbocycles. The Morgan fingerprint density at radius 1 is 1.05 bits per heavy atom. The van der Waals surface area contributed by atoms with Crippen molar-refractivity contribution in [2.75, 3.05) is 6.61 Å². The Kier molecular flexibility index (Phi) is 5.21. The zero-order valence-electron chi connectivity index (χ0n) is 11.4. The predicted molar refractivity (Wildman–Crippen MR) is 78.1 cm³/mol. The molecule has 0 unspecified atom stereocenters. The molecule has 102 valence electrons. The standard InChI is InChI=1S/C15H19NO2S/c1-3-9-17-13-5-7-14(8-6-13)18-10-12-11-19-15(4-2)16-12/h5-8,11H,3-4,9-10H2,1-2H3. The van der Waals surface area contributed by atoms with Crippen LogP contribution in [0, 0.1) is 0 Å². The maximum absolute atomic E-state index is 5.70. The molecule has 0 saturated heterocycles. The third kappa shape index (κ3) is 4.24. The van der Waals surface area contributed by atoms with E-state index < -0.39 is 0 Å². The summed E-state index contributed by atoms with van der Waals surface area (Å²) in [6, 6.07) is 7.73. The predicted octanol–water partition coefficient (Wildman–Crippen LogP) is 4.07. The molecular weight excluding hydrogens is 258 g/mol. The summed E-state index contributed by atoms with van der Waals surface area (Å²) in [7, 11) is 0. The smallest absolute Gasteiger partial charge is 0.131 e. The summed E-state index contributed by atoms with van der Waals surface area (Å²) < 4.78 is 11.2. The molecular formula is C15H19NO2S. The van der Waals surface area contributed by atoms with Gasteiger partial charge in [-0.2, -0.15) is 0 Å². The topological polar surface area (TPSA) is 31.4 Å². The Morgan fingerprint density at radius 2 is 1.74 bits per heavy atom. The van der Waals surface area contributed by atoms with Crippen LogP contribution in [0.4, 0.5) is 0 Å². The van der Waals surface area contributed by atoms with Crippen LogP contribution in [0.2, 0.25) is 0 Å². The van der Waals surface area contributed by atoms with E-state index in [1.54, 1.807) is 11.3 Å². The van der Waals surface area contributed by atoms with Crippen molar-refractivity contribution in [2.45, 2.75) is 33.3 Å². The minimum absolute atomic E-state index is 0.520. The van der Waals surface area contributed by atoms with Crippen molar-refractivity contribution >= 4 is 11.3 Å². The fourth-order valence-electron chi connectivity index (χ4n) is 1.59. The number of ether oxygens (including phenoxy) is 2. The molecule has 3 nitrogen and oxygen atoms in total. The number of aromatic nitrogens is 1. The third-order valence-corrected chi connectivity index (χ3v) is 3.63. The highest BCUT2D eigenvalue weighted by atomic mass is 32.1. The minimum Gasteiger partial charge on any atom is -0.494 e. The first-order valence-electron chi connectivity index (χ1n) is 6.60. The molecule has 0 amide bonds. The average molecular weight is 277 g/mol. The van der Waals surface area contributed by atoms with Crippen LogP contribution in [-0.2, 0) is 13.0 Å². The number of nitrogens with zero attached hydrogens (tertiary/aromatic N) is 1. The van der Waals surface area contributed by atoms with Crippen LogP contribution in [0.3, 0.4) is 0 Å². The first-order valence-corrected chi connectivity index (χ1v) is 7.48. The number of thiazole rings is 1. The summed E-state index contributed by atoms with van der Waals surface area (Å²) in [5, 5.41) is 3.21. The molecule has 19 heavy (non-hydrogen) atoms. The zero-order valence-corrected chi connectivity index (χ0v) is 12.2. The summed E-state index contributed by atoms with van der Waals surface area (Å²) in [5.41, 5.74) is 0.994. The minimum atomic E-state index is 0.520. The van der Waals surface area contributed by atoms with Gasteiger partial charge in [0.1, 0.15) is 18.1 Å². The van der Waals surface area contributed by atoms with Crippen LogP contribution in [0.25, 0.3) is 0 Å². The Morgan fingerprint density at radius 3 is 2.32 bits per heavy atom. The fourth-order valence-corrected chi connectivity index (χ4v) is 2.32. The number of hydrogen-bond donors (Lipinski definition) is 0. The van der Waals surface area contributed by atoms with Crippen molar-refractivity contribution in [1.29, 1.82) is 0 Å². The van der Waals surface area contributed by atoms with E-state index in [1.807, 2.05) is 24.3 Å². The molecule has 2 aromatic rings. The van der Waals surface area contributed by atoms with Gasteiger partial charge < -0.3 is 9.47 Å². The Balaban J connectivity index is 1.85. The fraction of sp³-hybridized carbons (Fsp3) is 0.400. The Bertz CT molecular complexity index is 493. The molecule has 0 aliphatic heterocycles. The second-order valence-corrected chi connectivity index (χ2v) is 5.14. The van der Waals surface area contributed by atoms with Crippen molar-refractivity contribution in [2.24, 2.45) is 0 Å². The summed E-state index contributed by atoms with van der Waals surface area (Å²) in [6.45, 7) is 5.47. The van der Waals surface area contributed by atoms with Crippen molar-refractivity contribution in [3.63, 3.8) is 0 Å². The number of hydrogen-bond acceptors (Lipinski definition) is 4. The second kappa shape index (κ2) is 7.14. The van der Waals surface area contributed by atoms with E-state index in [2.05, 4.69) is 24.2 Å².